The lowest BCUT2D eigenvalue weighted by molar-refractivity contribution is -0.0248. The van der Waals surface area contributed by atoms with Crippen molar-refractivity contribution in [3.63, 3.8) is 0 Å². The monoisotopic (exact) mass is 380 g/mol. The van der Waals surface area contributed by atoms with E-state index in [0.717, 1.165) is 54.5 Å². The lowest BCUT2D eigenvalue weighted by atomic mass is 10.1. The molecule has 2 aliphatic rings. The van der Waals surface area contributed by atoms with E-state index in [9.17, 15) is 0 Å². The highest BCUT2D eigenvalue weighted by atomic mass is 16.5. The number of aromatic amines is 1. The van der Waals surface area contributed by atoms with Gasteiger partial charge in [0.15, 0.2) is 5.82 Å². The minimum absolute atomic E-state index is 0.272. The second-order valence-corrected chi connectivity index (χ2v) is 7.44. The molecule has 0 unspecified atom stereocenters. The van der Waals surface area contributed by atoms with Crippen molar-refractivity contribution in [1.29, 1.82) is 0 Å². The van der Waals surface area contributed by atoms with Gasteiger partial charge in [0.25, 0.3) is 0 Å². The number of morpholine rings is 1. The average Bonchev–Trinajstić information content (AvgIpc) is 3.16. The van der Waals surface area contributed by atoms with Crippen LogP contribution in [0, 0.1) is 5.92 Å². The minimum Gasteiger partial charge on any atom is -0.381 e. The summed E-state index contributed by atoms with van der Waals surface area (Å²) in [4.78, 5) is 19.6. The highest BCUT2D eigenvalue weighted by Gasteiger charge is 2.23. The molecule has 0 radical (unpaired) electrons. The molecule has 8 nitrogen and oxygen atoms in total. The molecule has 28 heavy (non-hydrogen) atoms. The van der Waals surface area contributed by atoms with E-state index in [0.29, 0.717) is 25.0 Å². The highest BCUT2D eigenvalue weighted by molar-refractivity contribution is 5.91. The van der Waals surface area contributed by atoms with E-state index in [1.807, 2.05) is 24.4 Å². The van der Waals surface area contributed by atoms with Gasteiger partial charge in [-0.2, -0.15) is 0 Å². The molecule has 0 aromatic carbocycles. The Kier molecular flexibility index (Phi) is 4.58. The second kappa shape index (κ2) is 7.37. The molecule has 0 saturated carbocycles. The maximum Gasteiger partial charge on any atom is 0.164 e. The predicted molar refractivity (Wildman–Crippen MR) is 108 cm³/mol. The van der Waals surface area contributed by atoms with E-state index in [1.165, 1.54) is 0 Å². The first-order valence-electron chi connectivity index (χ1n) is 9.75. The molecule has 2 N–H and O–H groups in total. The fourth-order valence-electron chi connectivity index (χ4n) is 3.67. The van der Waals surface area contributed by atoms with Crippen molar-refractivity contribution in [2.45, 2.75) is 13.0 Å². The van der Waals surface area contributed by atoms with E-state index in [-0.39, 0.29) is 6.04 Å². The Balaban J connectivity index is 1.54. The molecule has 0 spiro atoms. The number of pyridine rings is 1. The Labute approximate surface area is 163 Å². The number of ether oxygens (including phenoxy) is 2. The Bertz CT molecular complexity index is 970. The molecular formula is C20H24N6O2. The zero-order chi connectivity index (χ0) is 18.9. The summed E-state index contributed by atoms with van der Waals surface area (Å²) in [5.74, 6) is 3.01. The molecule has 3 aromatic rings. The molecule has 5 heterocycles. The number of anilines is 2. The Morgan fingerprint density at radius 1 is 1.21 bits per heavy atom. The number of nitrogens with zero attached hydrogens (tertiary/aromatic N) is 4. The summed E-state index contributed by atoms with van der Waals surface area (Å²) in [7, 11) is 0. The van der Waals surface area contributed by atoms with Crippen LogP contribution in [-0.4, -0.2) is 65.5 Å². The lowest BCUT2D eigenvalue weighted by Gasteiger charge is -2.34. The number of nitrogens with one attached hydrogen (secondary N) is 2. The predicted octanol–water partition coefficient (Wildman–Crippen LogP) is 2.30. The van der Waals surface area contributed by atoms with Crippen LogP contribution in [-0.2, 0) is 9.47 Å². The highest BCUT2D eigenvalue weighted by Crippen LogP contribution is 2.29. The number of rotatable bonds is 5. The van der Waals surface area contributed by atoms with Crippen molar-refractivity contribution in [3.05, 3.63) is 30.6 Å². The molecular weight excluding hydrogens is 356 g/mol. The summed E-state index contributed by atoms with van der Waals surface area (Å²) in [6.45, 7) is 6.88. The van der Waals surface area contributed by atoms with Crippen LogP contribution in [0.1, 0.15) is 6.92 Å². The average molecular weight is 380 g/mol. The zero-order valence-electron chi connectivity index (χ0n) is 15.9. The molecule has 1 atom stereocenters. The van der Waals surface area contributed by atoms with Gasteiger partial charge >= 0.3 is 0 Å². The van der Waals surface area contributed by atoms with Crippen molar-refractivity contribution in [2.75, 3.05) is 49.7 Å². The molecule has 5 rings (SSSR count). The Hall–Kier alpha value is -2.71. The third-order valence-corrected chi connectivity index (χ3v) is 5.35. The van der Waals surface area contributed by atoms with E-state index < -0.39 is 0 Å². The van der Waals surface area contributed by atoms with Crippen molar-refractivity contribution in [2.24, 2.45) is 5.92 Å². The van der Waals surface area contributed by atoms with Crippen LogP contribution in [0.5, 0.6) is 0 Å². The normalized spacial score (nSPS) is 20.3. The first-order chi connectivity index (χ1) is 13.8. The zero-order valence-corrected chi connectivity index (χ0v) is 15.9. The van der Waals surface area contributed by atoms with Gasteiger partial charge in [-0.1, -0.05) is 0 Å². The summed E-state index contributed by atoms with van der Waals surface area (Å²) < 4.78 is 10.9. The third-order valence-electron chi connectivity index (χ3n) is 5.35. The molecule has 2 saturated heterocycles. The van der Waals surface area contributed by atoms with Gasteiger partial charge < -0.3 is 24.7 Å². The fraction of sp³-hybridized carbons (Fsp3) is 0.450. The first kappa shape index (κ1) is 17.4. The molecule has 0 amide bonds. The van der Waals surface area contributed by atoms with E-state index in [2.05, 4.69) is 27.1 Å². The van der Waals surface area contributed by atoms with Gasteiger partial charge in [0, 0.05) is 48.4 Å². The number of fused-ring (bicyclic) bond motifs is 1. The summed E-state index contributed by atoms with van der Waals surface area (Å²) >= 11 is 0. The molecule has 8 heteroatoms. The van der Waals surface area contributed by atoms with Gasteiger partial charge in [-0.3, -0.25) is 0 Å². The summed E-state index contributed by atoms with van der Waals surface area (Å²) in [5.41, 5.74) is 1.82. The van der Waals surface area contributed by atoms with Gasteiger partial charge in [-0.05, 0) is 19.1 Å². The maximum absolute atomic E-state index is 5.60. The topological polar surface area (TPSA) is 88.2 Å². The van der Waals surface area contributed by atoms with Crippen LogP contribution in [0.4, 0.5) is 11.6 Å². The molecule has 2 aliphatic heterocycles. The summed E-state index contributed by atoms with van der Waals surface area (Å²) in [6, 6.07) is 6.31. The minimum atomic E-state index is 0.272. The summed E-state index contributed by atoms with van der Waals surface area (Å²) in [6.07, 6.45) is 3.69. The molecule has 0 bridgehead atoms. The van der Waals surface area contributed by atoms with Crippen molar-refractivity contribution in [1.82, 2.24) is 19.9 Å². The van der Waals surface area contributed by atoms with Crippen molar-refractivity contribution in [3.8, 4) is 11.4 Å². The van der Waals surface area contributed by atoms with Crippen LogP contribution < -0.4 is 10.2 Å². The fourth-order valence-corrected chi connectivity index (χ4v) is 3.67. The van der Waals surface area contributed by atoms with Gasteiger partial charge in [0.2, 0.25) is 0 Å². The maximum atomic E-state index is 5.60. The van der Waals surface area contributed by atoms with E-state index in [4.69, 9.17) is 19.4 Å². The van der Waals surface area contributed by atoms with Crippen LogP contribution in [0.25, 0.3) is 22.4 Å². The first-order valence-corrected chi connectivity index (χ1v) is 9.75. The molecule has 3 aromatic heterocycles. The molecule has 146 valence electrons. The van der Waals surface area contributed by atoms with Crippen molar-refractivity contribution >= 4 is 22.7 Å². The van der Waals surface area contributed by atoms with Crippen LogP contribution >= 0.6 is 0 Å². The Morgan fingerprint density at radius 2 is 2.14 bits per heavy atom. The quantitative estimate of drug-likeness (QED) is 0.702. The largest absolute Gasteiger partial charge is 0.381 e. The smallest absolute Gasteiger partial charge is 0.164 e. The number of hydrogen-bond acceptors (Lipinski definition) is 7. The molecule has 2 fully saturated rings. The third kappa shape index (κ3) is 3.29. The van der Waals surface area contributed by atoms with Gasteiger partial charge in [-0.25, -0.2) is 15.0 Å². The number of H-pyrrole nitrogens is 1. The van der Waals surface area contributed by atoms with Gasteiger partial charge in [-0.15, -0.1) is 0 Å². The van der Waals surface area contributed by atoms with Gasteiger partial charge in [0.05, 0.1) is 32.5 Å². The standard InChI is InChI=1S/C20H24N6O2/c1-13-10-27-7-6-26(13)18-8-17(23-9-14-11-28-12-14)24-20(25-18)16-3-5-22-19-15(16)2-4-21-19/h2-5,8,13-14H,6-7,9-12H2,1H3,(H,21,22)(H,23,24,25)/t13-/m1/s1. The van der Waals surface area contributed by atoms with Gasteiger partial charge in [0.1, 0.15) is 17.3 Å². The van der Waals surface area contributed by atoms with E-state index in [1.54, 1.807) is 6.20 Å². The number of aromatic nitrogens is 4. The van der Waals surface area contributed by atoms with Crippen LogP contribution in [0.2, 0.25) is 0 Å². The molecule has 0 aliphatic carbocycles. The van der Waals surface area contributed by atoms with E-state index >= 15 is 0 Å². The second-order valence-electron chi connectivity index (χ2n) is 7.44. The Morgan fingerprint density at radius 3 is 2.96 bits per heavy atom. The summed E-state index contributed by atoms with van der Waals surface area (Å²) in [5, 5.41) is 4.50. The van der Waals surface area contributed by atoms with Crippen LogP contribution in [0.3, 0.4) is 0 Å². The SMILES string of the molecule is C[C@@H]1COCCN1c1cc(NCC2COC2)nc(-c2ccnc3[nH]ccc23)n1. The van der Waals surface area contributed by atoms with Crippen molar-refractivity contribution < 1.29 is 9.47 Å². The van der Waals surface area contributed by atoms with Crippen LogP contribution in [0.15, 0.2) is 30.6 Å². The number of hydrogen-bond donors (Lipinski definition) is 2. The lowest BCUT2D eigenvalue weighted by Crippen LogP contribution is -2.44.